The van der Waals surface area contributed by atoms with E-state index in [1.165, 1.54) is 5.56 Å². The van der Waals surface area contributed by atoms with Crippen LogP contribution in [0.15, 0.2) is 30.9 Å². The van der Waals surface area contributed by atoms with Gasteiger partial charge in [0.25, 0.3) is 0 Å². The number of aryl methyl sites for hydroxylation is 1. The molecule has 0 aliphatic heterocycles. The lowest BCUT2D eigenvalue weighted by atomic mass is 9.97. The zero-order chi connectivity index (χ0) is 11.1. The molecule has 0 aliphatic rings. The molecule has 1 aromatic rings. The van der Waals surface area contributed by atoms with Gasteiger partial charge in [0, 0.05) is 0 Å². The van der Waals surface area contributed by atoms with Crippen LogP contribution >= 0.6 is 0 Å². The molecular weight excluding hydrogens is 184 g/mol. The predicted molar refractivity (Wildman–Crippen MR) is 65.2 cm³/mol. The van der Waals surface area contributed by atoms with Gasteiger partial charge in [0.15, 0.2) is 0 Å². The SMILES string of the molecule is C=CCCc1cccc(O)c1CCCC. The van der Waals surface area contributed by atoms with Crippen LogP contribution in [0.1, 0.15) is 37.3 Å². The first kappa shape index (κ1) is 11.8. The van der Waals surface area contributed by atoms with Crippen LogP contribution in [0, 0.1) is 0 Å². The molecule has 1 N–H and O–H groups in total. The van der Waals surface area contributed by atoms with Crippen LogP contribution in [0.25, 0.3) is 0 Å². The zero-order valence-electron chi connectivity index (χ0n) is 9.50. The van der Waals surface area contributed by atoms with E-state index in [0.717, 1.165) is 37.7 Å². The summed E-state index contributed by atoms with van der Waals surface area (Å²) in [5, 5.41) is 9.79. The Bertz CT molecular complexity index is 315. The van der Waals surface area contributed by atoms with E-state index in [0.29, 0.717) is 5.75 Å². The molecule has 0 saturated heterocycles. The van der Waals surface area contributed by atoms with Crippen LogP contribution in [-0.4, -0.2) is 5.11 Å². The van der Waals surface area contributed by atoms with Crippen LogP contribution in [0.5, 0.6) is 5.75 Å². The van der Waals surface area contributed by atoms with Crippen molar-refractivity contribution in [2.24, 2.45) is 0 Å². The summed E-state index contributed by atoms with van der Waals surface area (Å²) < 4.78 is 0. The highest BCUT2D eigenvalue weighted by Crippen LogP contribution is 2.24. The Labute approximate surface area is 92.5 Å². The number of hydrogen-bond donors (Lipinski definition) is 1. The van der Waals surface area contributed by atoms with E-state index in [1.54, 1.807) is 6.07 Å². The van der Waals surface area contributed by atoms with Crippen molar-refractivity contribution in [3.63, 3.8) is 0 Å². The molecule has 0 amide bonds. The van der Waals surface area contributed by atoms with E-state index in [9.17, 15) is 5.11 Å². The molecule has 0 unspecified atom stereocenters. The molecule has 1 heteroatoms. The number of aromatic hydroxyl groups is 1. The number of allylic oxidation sites excluding steroid dienone is 1. The molecule has 0 spiro atoms. The first-order valence-corrected chi connectivity index (χ1v) is 5.70. The maximum atomic E-state index is 9.79. The summed E-state index contributed by atoms with van der Waals surface area (Å²) in [5.74, 6) is 0.449. The minimum absolute atomic E-state index is 0.449. The topological polar surface area (TPSA) is 20.2 Å². The van der Waals surface area contributed by atoms with Gasteiger partial charge in [-0.1, -0.05) is 31.6 Å². The lowest BCUT2D eigenvalue weighted by Crippen LogP contribution is -1.94. The third-order valence-electron chi connectivity index (χ3n) is 2.65. The summed E-state index contributed by atoms with van der Waals surface area (Å²) in [4.78, 5) is 0. The summed E-state index contributed by atoms with van der Waals surface area (Å²) >= 11 is 0. The van der Waals surface area contributed by atoms with Crippen LogP contribution < -0.4 is 0 Å². The van der Waals surface area contributed by atoms with Gasteiger partial charge in [0.2, 0.25) is 0 Å². The highest BCUT2D eigenvalue weighted by atomic mass is 16.3. The number of benzene rings is 1. The second-order valence-corrected chi connectivity index (χ2v) is 3.85. The van der Waals surface area contributed by atoms with Gasteiger partial charge in [-0.05, 0) is 42.9 Å². The summed E-state index contributed by atoms with van der Waals surface area (Å²) in [6.45, 7) is 5.90. The van der Waals surface area contributed by atoms with Gasteiger partial charge >= 0.3 is 0 Å². The molecule has 0 bridgehead atoms. The number of hydrogen-bond acceptors (Lipinski definition) is 1. The molecule has 0 heterocycles. The number of rotatable bonds is 6. The Hall–Kier alpha value is -1.24. The molecule has 1 nitrogen and oxygen atoms in total. The molecule has 15 heavy (non-hydrogen) atoms. The van der Waals surface area contributed by atoms with Crippen molar-refractivity contribution in [3.8, 4) is 5.75 Å². The zero-order valence-corrected chi connectivity index (χ0v) is 9.50. The van der Waals surface area contributed by atoms with Gasteiger partial charge in [0.05, 0.1) is 0 Å². The molecule has 0 aliphatic carbocycles. The Morgan fingerprint density at radius 3 is 2.80 bits per heavy atom. The maximum absolute atomic E-state index is 9.79. The maximum Gasteiger partial charge on any atom is 0.119 e. The molecule has 0 saturated carbocycles. The quantitative estimate of drug-likeness (QED) is 0.698. The number of phenolic OH excluding ortho intramolecular Hbond substituents is 1. The van der Waals surface area contributed by atoms with Gasteiger partial charge in [-0.3, -0.25) is 0 Å². The standard InChI is InChI=1S/C14H20O/c1-3-5-8-12-9-7-11-14(15)13(12)10-6-4-2/h3,7,9,11,15H,1,4-6,8,10H2,2H3. The number of phenols is 1. The molecule has 1 aromatic carbocycles. The van der Waals surface area contributed by atoms with Crippen molar-refractivity contribution in [3.05, 3.63) is 42.0 Å². The van der Waals surface area contributed by atoms with Crippen LogP contribution in [-0.2, 0) is 12.8 Å². The van der Waals surface area contributed by atoms with Crippen molar-refractivity contribution >= 4 is 0 Å². The lowest BCUT2D eigenvalue weighted by molar-refractivity contribution is 0.465. The van der Waals surface area contributed by atoms with Gasteiger partial charge in [-0.25, -0.2) is 0 Å². The molecule has 0 radical (unpaired) electrons. The van der Waals surface area contributed by atoms with E-state index in [2.05, 4.69) is 19.6 Å². The third-order valence-corrected chi connectivity index (χ3v) is 2.65. The summed E-state index contributed by atoms with van der Waals surface area (Å²) in [7, 11) is 0. The largest absolute Gasteiger partial charge is 0.508 e. The Balaban J connectivity index is 2.82. The average molecular weight is 204 g/mol. The van der Waals surface area contributed by atoms with E-state index < -0.39 is 0 Å². The summed E-state index contributed by atoms with van der Waals surface area (Å²) in [6.07, 6.45) is 7.16. The van der Waals surface area contributed by atoms with Gasteiger partial charge in [-0.15, -0.1) is 6.58 Å². The Morgan fingerprint density at radius 1 is 1.33 bits per heavy atom. The lowest BCUT2D eigenvalue weighted by Gasteiger charge is -2.10. The first-order chi connectivity index (χ1) is 7.29. The van der Waals surface area contributed by atoms with Crippen LogP contribution in [0.4, 0.5) is 0 Å². The summed E-state index contributed by atoms with van der Waals surface area (Å²) in [5.41, 5.74) is 2.39. The molecule has 0 aromatic heterocycles. The fraction of sp³-hybridized carbons (Fsp3) is 0.429. The monoisotopic (exact) mass is 204 g/mol. The van der Waals surface area contributed by atoms with Crippen molar-refractivity contribution in [1.82, 2.24) is 0 Å². The van der Waals surface area contributed by atoms with Crippen molar-refractivity contribution < 1.29 is 5.11 Å². The molecular formula is C14H20O. The first-order valence-electron chi connectivity index (χ1n) is 5.70. The van der Waals surface area contributed by atoms with Crippen molar-refractivity contribution in [1.29, 1.82) is 0 Å². The second-order valence-electron chi connectivity index (χ2n) is 3.85. The van der Waals surface area contributed by atoms with E-state index in [-0.39, 0.29) is 0 Å². The highest BCUT2D eigenvalue weighted by molar-refractivity contribution is 5.39. The smallest absolute Gasteiger partial charge is 0.119 e. The normalized spacial score (nSPS) is 10.2. The molecule has 82 valence electrons. The van der Waals surface area contributed by atoms with E-state index in [4.69, 9.17) is 0 Å². The Kier molecular flexibility index (Phi) is 4.96. The van der Waals surface area contributed by atoms with E-state index >= 15 is 0 Å². The third kappa shape index (κ3) is 3.43. The molecule has 1 rings (SSSR count). The van der Waals surface area contributed by atoms with Crippen LogP contribution in [0.2, 0.25) is 0 Å². The highest BCUT2D eigenvalue weighted by Gasteiger charge is 2.06. The van der Waals surface area contributed by atoms with Gasteiger partial charge < -0.3 is 5.11 Å². The predicted octanol–water partition coefficient (Wildman–Crippen LogP) is 3.85. The van der Waals surface area contributed by atoms with E-state index in [1.807, 2.05) is 12.1 Å². The minimum Gasteiger partial charge on any atom is -0.508 e. The minimum atomic E-state index is 0.449. The summed E-state index contributed by atoms with van der Waals surface area (Å²) in [6, 6.07) is 5.81. The molecule has 0 fully saturated rings. The van der Waals surface area contributed by atoms with Gasteiger partial charge in [0.1, 0.15) is 5.75 Å². The van der Waals surface area contributed by atoms with Crippen molar-refractivity contribution in [2.45, 2.75) is 39.0 Å². The molecule has 0 atom stereocenters. The van der Waals surface area contributed by atoms with Gasteiger partial charge in [-0.2, -0.15) is 0 Å². The average Bonchev–Trinajstić information content (AvgIpc) is 2.25. The van der Waals surface area contributed by atoms with Crippen LogP contribution in [0.3, 0.4) is 0 Å². The Morgan fingerprint density at radius 2 is 2.13 bits per heavy atom. The van der Waals surface area contributed by atoms with Crippen molar-refractivity contribution in [2.75, 3.05) is 0 Å². The second kappa shape index (κ2) is 6.28. The number of unbranched alkanes of at least 4 members (excludes halogenated alkanes) is 1. The fourth-order valence-corrected chi connectivity index (χ4v) is 1.76. The fourth-order valence-electron chi connectivity index (χ4n) is 1.76.